The lowest BCUT2D eigenvalue weighted by Gasteiger charge is -2.01. The molecule has 0 saturated carbocycles. The van der Waals surface area contributed by atoms with Crippen molar-refractivity contribution in [2.24, 2.45) is 4.99 Å². The number of Topliss-reactive ketones (excluding diaryl/α,β-unsaturated/α-hetero) is 1. The van der Waals surface area contributed by atoms with Gasteiger partial charge < -0.3 is 0 Å². The molecule has 0 unspecified atom stereocenters. The minimum atomic E-state index is -0.515. The zero-order chi connectivity index (χ0) is 18.5. The molecule has 0 saturated heterocycles. The third kappa shape index (κ3) is 4.47. The fraction of sp³-hybridized carbons (Fsp3) is 0.0556. The molecule has 0 radical (unpaired) electrons. The number of non-ortho nitro benzene ring substituents is 1. The lowest BCUT2D eigenvalue weighted by Crippen LogP contribution is -2.03. The number of aliphatic imine (C=N–C) groups is 1. The standard InChI is InChI=1S/C18H12N2O4S2/c21-15(13-6-8-14(9-7-13)20(23)24)11-25-18-19-17(22)16(26-18)10-12-4-2-1-3-5-12/h1-10H,11H2. The summed E-state index contributed by atoms with van der Waals surface area (Å²) < 4.78 is 0.521. The van der Waals surface area contributed by atoms with Crippen LogP contribution in [-0.4, -0.2) is 26.7 Å². The molecule has 1 amide bonds. The van der Waals surface area contributed by atoms with Crippen molar-refractivity contribution in [1.29, 1.82) is 0 Å². The van der Waals surface area contributed by atoms with E-state index in [0.717, 1.165) is 5.56 Å². The summed E-state index contributed by atoms with van der Waals surface area (Å²) in [6.45, 7) is 0. The fourth-order valence-electron chi connectivity index (χ4n) is 2.13. The molecule has 1 aliphatic heterocycles. The molecule has 0 aliphatic carbocycles. The fourth-order valence-corrected chi connectivity index (χ4v) is 4.03. The molecule has 1 heterocycles. The summed E-state index contributed by atoms with van der Waals surface area (Å²) in [5, 5.41) is 10.6. The van der Waals surface area contributed by atoms with Crippen LogP contribution < -0.4 is 0 Å². The highest BCUT2D eigenvalue weighted by Crippen LogP contribution is 2.34. The average molecular weight is 384 g/mol. The molecule has 0 bridgehead atoms. The zero-order valence-electron chi connectivity index (χ0n) is 13.3. The Balaban J connectivity index is 1.59. The third-order valence-electron chi connectivity index (χ3n) is 3.43. The van der Waals surface area contributed by atoms with Crippen LogP contribution in [0.3, 0.4) is 0 Å². The van der Waals surface area contributed by atoms with Gasteiger partial charge in [0, 0.05) is 17.7 Å². The largest absolute Gasteiger partial charge is 0.293 e. The van der Waals surface area contributed by atoms with Crippen molar-refractivity contribution >= 4 is 51.4 Å². The minimum absolute atomic E-state index is 0.0637. The van der Waals surface area contributed by atoms with E-state index in [1.807, 2.05) is 30.3 Å². The Hall–Kier alpha value is -2.71. The topological polar surface area (TPSA) is 89.6 Å². The molecule has 0 aromatic heterocycles. The summed E-state index contributed by atoms with van der Waals surface area (Å²) in [6, 6.07) is 14.9. The van der Waals surface area contributed by atoms with Gasteiger partial charge >= 0.3 is 0 Å². The number of nitrogens with zero attached hydrogens (tertiary/aromatic N) is 2. The first-order chi connectivity index (χ1) is 12.5. The number of benzene rings is 2. The Morgan fingerprint density at radius 2 is 1.85 bits per heavy atom. The highest BCUT2D eigenvalue weighted by Gasteiger charge is 2.23. The molecule has 0 N–H and O–H groups in total. The van der Waals surface area contributed by atoms with E-state index in [1.54, 1.807) is 6.08 Å². The third-order valence-corrected chi connectivity index (χ3v) is 5.55. The number of nitro groups is 1. The van der Waals surface area contributed by atoms with E-state index in [1.165, 1.54) is 47.8 Å². The first-order valence-corrected chi connectivity index (χ1v) is 9.31. The summed E-state index contributed by atoms with van der Waals surface area (Å²) >= 11 is 2.42. The molecule has 1 aliphatic rings. The molecular weight excluding hydrogens is 372 g/mol. The van der Waals surface area contributed by atoms with Gasteiger partial charge in [0.1, 0.15) is 4.38 Å². The molecule has 2 aromatic carbocycles. The second kappa shape index (κ2) is 8.11. The average Bonchev–Trinajstić information content (AvgIpc) is 3.00. The van der Waals surface area contributed by atoms with Crippen molar-refractivity contribution in [2.45, 2.75) is 0 Å². The maximum atomic E-state index is 12.2. The van der Waals surface area contributed by atoms with E-state index >= 15 is 0 Å². The van der Waals surface area contributed by atoms with Crippen LogP contribution in [0.4, 0.5) is 5.69 Å². The molecule has 0 spiro atoms. The van der Waals surface area contributed by atoms with Crippen LogP contribution >= 0.6 is 23.5 Å². The summed E-state index contributed by atoms with van der Waals surface area (Å²) in [7, 11) is 0. The lowest BCUT2D eigenvalue weighted by molar-refractivity contribution is -0.384. The van der Waals surface area contributed by atoms with Crippen LogP contribution in [0.2, 0.25) is 0 Å². The van der Waals surface area contributed by atoms with Gasteiger partial charge in [-0.25, -0.2) is 0 Å². The molecule has 2 aromatic rings. The van der Waals surface area contributed by atoms with Gasteiger partial charge in [-0.05, 0) is 23.8 Å². The van der Waals surface area contributed by atoms with E-state index in [4.69, 9.17) is 0 Å². The molecule has 8 heteroatoms. The van der Waals surface area contributed by atoms with E-state index in [-0.39, 0.29) is 23.1 Å². The van der Waals surface area contributed by atoms with Crippen LogP contribution in [0.15, 0.2) is 64.5 Å². The summed E-state index contributed by atoms with van der Waals surface area (Å²) in [4.78, 5) is 38.7. The van der Waals surface area contributed by atoms with Gasteiger partial charge in [0.05, 0.1) is 15.6 Å². The van der Waals surface area contributed by atoms with E-state index < -0.39 is 4.92 Å². The Kier molecular flexibility index (Phi) is 5.65. The number of ketones is 1. The van der Waals surface area contributed by atoms with Crippen molar-refractivity contribution in [1.82, 2.24) is 0 Å². The predicted octanol–water partition coefficient (Wildman–Crippen LogP) is 4.18. The van der Waals surface area contributed by atoms with Crippen molar-refractivity contribution in [2.75, 3.05) is 5.75 Å². The van der Waals surface area contributed by atoms with E-state index in [9.17, 15) is 19.7 Å². The Bertz CT molecular complexity index is 922. The van der Waals surface area contributed by atoms with Gasteiger partial charge in [-0.1, -0.05) is 53.9 Å². The van der Waals surface area contributed by atoms with Gasteiger partial charge in [-0.2, -0.15) is 4.99 Å². The van der Waals surface area contributed by atoms with Crippen molar-refractivity contribution < 1.29 is 14.5 Å². The van der Waals surface area contributed by atoms with Gasteiger partial charge in [0.25, 0.3) is 11.6 Å². The number of thioether (sulfide) groups is 2. The van der Waals surface area contributed by atoms with Gasteiger partial charge in [0.15, 0.2) is 5.78 Å². The molecular formula is C18H12N2O4S2. The minimum Gasteiger partial charge on any atom is -0.293 e. The molecule has 0 atom stereocenters. The lowest BCUT2D eigenvalue weighted by atomic mass is 10.1. The van der Waals surface area contributed by atoms with Crippen molar-refractivity contribution in [3.8, 4) is 0 Å². The van der Waals surface area contributed by atoms with Crippen LogP contribution in [0.25, 0.3) is 6.08 Å². The highest BCUT2D eigenvalue weighted by atomic mass is 32.2. The second-order valence-corrected chi connectivity index (χ2v) is 7.47. The number of hydrogen-bond donors (Lipinski definition) is 0. The van der Waals surface area contributed by atoms with Crippen molar-refractivity contribution in [3.63, 3.8) is 0 Å². The number of carbonyl (C=O) groups is 2. The first-order valence-electron chi connectivity index (χ1n) is 7.51. The summed E-state index contributed by atoms with van der Waals surface area (Å²) in [6.07, 6.45) is 1.77. The van der Waals surface area contributed by atoms with E-state index in [0.29, 0.717) is 14.8 Å². The van der Waals surface area contributed by atoms with Crippen molar-refractivity contribution in [3.05, 3.63) is 80.7 Å². The van der Waals surface area contributed by atoms with Gasteiger partial charge in [-0.15, -0.1) is 0 Å². The number of nitro benzene ring substituents is 1. The van der Waals surface area contributed by atoms with Gasteiger partial charge in [0.2, 0.25) is 0 Å². The molecule has 26 heavy (non-hydrogen) atoms. The maximum Gasteiger partial charge on any atom is 0.285 e. The maximum absolute atomic E-state index is 12.2. The molecule has 0 fully saturated rings. The van der Waals surface area contributed by atoms with Crippen LogP contribution in [0.1, 0.15) is 15.9 Å². The molecule has 3 rings (SSSR count). The highest BCUT2D eigenvalue weighted by molar-refractivity contribution is 8.41. The van der Waals surface area contributed by atoms with Gasteiger partial charge in [-0.3, -0.25) is 19.7 Å². The smallest absolute Gasteiger partial charge is 0.285 e. The number of carbonyl (C=O) groups excluding carboxylic acids is 2. The Morgan fingerprint density at radius 3 is 2.50 bits per heavy atom. The van der Waals surface area contributed by atoms with Crippen LogP contribution in [-0.2, 0) is 4.79 Å². The number of rotatable bonds is 5. The number of hydrogen-bond acceptors (Lipinski definition) is 6. The van der Waals surface area contributed by atoms with Crippen LogP contribution in [0.5, 0.6) is 0 Å². The zero-order valence-corrected chi connectivity index (χ0v) is 15.0. The van der Waals surface area contributed by atoms with Crippen LogP contribution in [0, 0.1) is 10.1 Å². The normalized spacial score (nSPS) is 15.2. The SMILES string of the molecule is O=C1N=C(SCC(=O)c2ccc([N+](=O)[O-])cc2)SC1=Cc1ccccc1. The molecule has 6 nitrogen and oxygen atoms in total. The Labute approximate surface area is 157 Å². The van der Waals surface area contributed by atoms with E-state index in [2.05, 4.69) is 4.99 Å². The summed E-state index contributed by atoms with van der Waals surface area (Å²) in [5.41, 5.74) is 1.23. The monoisotopic (exact) mass is 384 g/mol. The Morgan fingerprint density at radius 1 is 1.15 bits per heavy atom. The predicted molar refractivity (Wildman–Crippen MR) is 104 cm³/mol. The first kappa shape index (κ1) is 18.1. The number of amides is 1. The molecule has 130 valence electrons. The second-order valence-electron chi connectivity index (χ2n) is 5.22. The summed E-state index contributed by atoms with van der Waals surface area (Å²) in [5.74, 6) is -0.388. The quantitative estimate of drug-likeness (QED) is 0.332.